The monoisotopic (exact) mass is 675 g/mol. The van der Waals surface area contributed by atoms with Crippen LogP contribution in [0.2, 0.25) is 0 Å². The molecule has 6 atom stereocenters. The molecular formula is C30H30N9O8P. The van der Waals surface area contributed by atoms with Crippen molar-refractivity contribution in [2.24, 2.45) is 5.11 Å². The number of nitrogens with two attached hydrogens (primary N) is 1. The summed E-state index contributed by atoms with van der Waals surface area (Å²) in [6.45, 7) is 0.452. The number of hydrogen-bond acceptors (Lipinski definition) is 13. The van der Waals surface area contributed by atoms with Gasteiger partial charge < -0.3 is 29.9 Å². The van der Waals surface area contributed by atoms with Gasteiger partial charge in [0, 0.05) is 10.3 Å². The predicted molar refractivity (Wildman–Crippen MR) is 171 cm³/mol. The topological polar surface area (TPSA) is 242 Å². The highest BCUT2D eigenvalue weighted by molar-refractivity contribution is 7.52. The largest absolute Gasteiger partial charge is 0.460 e. The fourth-order valence-electron chi connectivity index (χ4n) is 5.17. The maximum atomic E-state index is 14.5. The van der Waals surface area contributed by atoms with Gasteiger partial charge in [-0.15, -0.1) is 0 Å². The second kappa shape index (κ2) is 13.5. The number of nitrogens with one attached hydrogen (secondary N) is 1. The van der Waals surface area contributed by atoms with Crippen LogP contribution in [0.25, 0.3) is 32.4 Å². The first kappa shape index (κ1) is 32.8. The van der Waals surface area contributed by atoms with Gasteiger partial charge in [0.2, 0.25) is 5.72 Å². The lowest BCUT2D eigenvalue weighted by atomic mass is 10.1. The number of benzene rings is 3. The average molecular weight is 676 g/mol. The Hall–Kier alpha value is -5.12. The van der Waals surface area contributed by atoms with Crippen molar-refractivity contribution >= 4 is 41.5 Å². The van der Waals surface area contributed by atoms with E-state index in [1.54, 1.807) is 48.5 Å². The second-order valence-electron chi connectivity index (χ2n) is 10.8. The van der Waals surface area contributed by atoms with Gasteiger partial charge in [0.1, 0.15) is 42.5 Å². The van der Waals surface area contributed by atoms with Gasteiger partial charge in [0.05, 0.1) is 12.9 Å². The lowest BCUT2D eigenvalue weighted by Gasteiger charge is -2.29. The summed E-state index contributed by atoms with van der Waals surface area (Å²) >= 11 is 0. The molecule has 3 aromatic carbocycles. The number of esters is 1. The number of aliphatic hydroxyl groups is 2. The van der Waals surface area contributed by atoms with E-state index < -0.39 is 50.5 Å². The Bertz CT molecular complexity index is 2040. The molecule has 18 heteroatoms. The van der Waals surface area contributed by atoms with Crippen molar-refractivity contribution in [1.29, 1.82) is 0 Å². The molecule has 1 saturated heterocycles. The highest BCUT2D eigenvalue weighted by Crippen LogP contribution is 2.49. The number of hydrogen-bond donors (Lipinski definition) is 4. The lowest BCUT2D eigenvalue weighted by molar-refractivity contribution is -0.146. The fraction of sp³-hybridized carbons (Fsp3) is 0.267. The van der Waals surface area contributed by atoms with Crippen LogP contribution in [0.15, 0.2) is 90.6 Å². The van der Waals surface area contributed by atoms with Crippen LogP contribution in [0.1, 0.15) is 18.7 Å². The van der Waals surface area contributed by atoms with Crippen molar-refractivity contribution in [3.8, 4) is 5.75 Å². The maximum absolute atomic E-state index is 14.5. The zero-order valence-corrected chi connectivity index (χ0v) is 26.2. The molecule has 1 aliphatic rings. The van der Waals surface area contributed by atoms with E-state index in [4.69, 9.17) is 24.3 Å². The van der Waals surface area contributed by atoms with Crippen molar-refractivity contribution in [2.45, 2.75) is 43.7 Å². The normalized spacial score (nSPS) is 22.5. The number of nitrogen functional groups attached to an aromatic ring is 1. The molecule has 48 heavy (non-hydrogen) atoms. The molecule has 248 valence electrons. The van der Waals surface area contributed by atoms with E-state index in [9.17, 15) is 25.1 Å². The number of ether oxygens (including phenoxy) is 2. The Balaban J connectivity index is 1.28. The molecule has 0 radical (unpaired) electrons. The number of rotatable bonds is 12. The number of fused-ring (bicyclic) bond motifs is 2. The highest BCUT2D eigenvalue weighted by atomic mass is 31.2. The minimum Gasteiger partial charge on any atom is -0.460 e. The van der Waals surface area contributed by atoms with Crippen molar-refractivity contribution < 1.29 is 38.1 Å². The summed E-state index contributed by atoms with van der Waals surface area (Å²) < 4.78 is 38.8. The van der Waals surface area contributed by atoms with Crippen molar-refractivity contribution in [2.75, 3.05) is 12.3 Å². The quantitative estimate of drug-likeness (QED) is 0.0485. The third kappa shape index (κ3) is 6.52. The number of anilines is 1. The van der Waals surface area contributed by atoms with E-state index in [-0.39, 0.29) is 29.3 Å². The van der Waals surface area contributed by atoms with Gasteiger partial charge in [-0.2, -0.15) is 5.09 Å². The minimum atomic E-state index is -4.60. The first-order chi connectivity index (χ1) is 23.1. The number of aromatic nitrogens is 4. The van der Waals surface area contributed by atoms with Crippen molar-refractivity contribution in [3.63, 3.8) is 0 Å². The molecule has 0 amide bonds. The zero-order valence-electron chi connectivity index (χ0n) is 25.3. The molecule has 0 spiro atoms. The molecule has 2 unspecified atom stereocenters. The maximum Gasteiger partial charge on any atom is 0.459 e. The molecule has 6 rings (SSSR count). The van der Waals surface area contributed by atoms with Crippen LogP contribution in [-0.4, -0.2) is 66.3 Å². The number of carbonyl (C=O) groups excluding carboxylic acids is 1. The van der Waals surface area contributed by atoms with Crippen LogP contribution in [0, 0.1) is 0 Å². The highest BCUT2D eigenvalue weighted by Gasteiger charge is 2.56. The molecule has 3 heterocycles. The number of carbonyl (C=O) groups is 1. The van der Waals surface area contributed by atoms with Gasteiger partial charge in [-0.05, 0) is 29.5 Å². The summed E-state index contributed by atoms with van der Waals surface area (Å²) in [4.78, 5) is 27.9. The first-order valence-corrected chi connectivity index (χ1v) is 16.1. The minimum absolute atomic E-state index is 0.0418. The Morgan fingerprint density at radius 3 is 2.69 bits per heavy atom. The van der Waals surface area contributed by atoms with Crippen molar-refractivity contribution in [3.05, 3.63) is 101 Å². The first-order valence-electron chi connectivity index (χ1n) is 14.6. The second-order valence-corrected chi connectivity index (χ2v) is 12.5. The number of azide groups is 1. The van der Waals surface area contributed by atoms with Gasteiger partial charge in [-0.25, -0.2) is 19.5 Å². The molecule has 0 saturated carbocycles. The summed E-state index contributed by atoms with van der Waals surface area (Å²) in [6, 6.07) is 19.9. The van der Waals surface area contributed by atoms with E-state index in [1.165, 1.54) is 24.1 Å². The molecule has 5 aromatic rings. The lowest BCUT2D eigenvalue weighted by Crippen LogP contribution is -2.45. The summed E-state index contributed by atoms with van der Waals surface area (Å²) in [5, 5.41) is 29.8. The van der Waals surface area contributed by atoms with Crippen molar-refractivity contribution in [1.82, 2.24) is 24.6 Å². The van der Waals surface area contributed by atoms with Crippen LogP contribution < -0.4 is 15.3 Å². The van der Waals surface area contributed by atoms with Crippen LogP contribution in [-0.2, 0) is 30.0 Å². The van der Waals surface area contributed by atoms with Crippen LogP contribution >= 0.6 is 7.75 Å². The third-order valence-corrected chi connectivity index (χ3v) is 9.23. The molecule has 17 nitrogen and oxygen atoms in total. The van der Waals surface area contributed by atoms with Crippen LogP contribution in [0.4, 0.5) is 5.82 Å². The summed E-state index contributed by atoms with van der Waals surface area (Å²) in [6.07, 6.45) is -2.61. The predicted octanol–water partition coefficient (Wildman–Crippen LogP) is 3.74. The van der Waals surface area contributed by atoms with Gasteiger partial charge in [-0.3, -0.25) is 13.9 Å². The SMILES string of the molecule is C[C@H](NP(=O)(OCC1(N=[N+]=[N-])O[C@@H](n2cnc3c(N)ncnc32)[C@H](O)[C@@H]1O)Oc1cccc2ccccc12)C(=O)OCc1ccccc1. The molecule has 0 aliphatic carbocycles. The number of imidazole rings is 1. The van der Waals surface area contributed by atoms with E-state index in [0.717, 1.165) is 10.9 Å². The third-order valence-electron chi connectivity index (χ3n) is 7.62. The average Bonchev–Trinajstić information content (AvgIpc) is 3.63. The fourth-order valence-corrected chi connectivity index (χ4v) is 6.70. The van der Waals surface area contributed by atoms with E-state index in [0.29, 0.717) is 5.39 Å². The molecule has 1 fully saturated rings. The standard InChI is InChI=1S/C30H30N9O8P/c1-18(29(42)44-14-19-8-3-2-4-9-19)36-48(43,47-22-13-7-11-20-10-5-6-12-21(20)22)45-15-30(37-38-32)25(41)24(40)28(46-30)39-17-35-23-26(31)33-16-34-27(23)39/h2-13,16-18,24-25,28,40-41H,14-15H2,1H3,(H,36,43)(H2,31,33,34)/t18-,24+,25-,28+,30?,48?/m0/s1. The Morgan fingerprint density at radius 1 is 1.15 bits per heavy atom. The summed E-state index contributed by atoms with van der Waals surface area (Å²) in [5.41, 5.74) is 14.1. The molecular weight excluding hydrogens is 645 g/mol. The smallest absolute Gasteiger partial charge is 0.459 e. The summed E-state index contributed by atoms with van der Waals surface area (Å²) in [7, 11) is -4.60. The van der Waals surface area contributed by atoms with Crippen LogP contribution in [0.3, 0.4) is 0 Å². The summed E-state index contributed by atoms with van der Waals surface area (Å²) in [5.74, 6) is -0.570. The van der Waals surface area contributed by atoms with E-state index >= 15 is 0 Å². The van der Waals surface area contributed by atoms with Gasteiger partial charge in [-0.1, -0.05) is 71.8 Å². The molecule has 5 N–H and O–H groups in total. The van der Waals surface area contributed by atoms with Crippen LogP contribution in [0.5, 0.6) is 5.75 Å². The zero-order chi connectivity index (χ0) is 33.9. The van der Waals surface area contributed by atoms with Gasteiger partial charge >= 0.3 is 13.7 Å². The molecule has 2 aromatic heterocycles. The van der Waals surface area contributed by atoms with Gasteiger partial charge in [0.25, 0.3) is 0 Å². The Kier molecular flexibility index (Phi) is 9.26. The number of aliphatic hydroxyl groups excluding tert-OH is 2. The molecule has 0 bridgehead atoms. The number of nitrogens with zero attached hydrogens (tertiary/aromatic N) is 7. The Labute approximate surface area is 272 Å². The Morgan fingerprint density at radius 2 is 1.90 bits per heavy atom. The van der Waals surface area contributed by atoms with Gasteiger partial charge in [0.15, 0.2) is 17.7 Å². The van der Waals surface area contributed by atoms with E-state index in [1.807, 2.05) is 24.3 Å². The van der Waals surface area contributed by atoms with E-state index in [2.05, 4.69) is 30.1 Å². The molecule has 1 aliphatic heterocycles.